The summed E-state index contributed by atoms with van der Waals surface area (Å²) in [4.78, 5) is 2.10. The first kappa shape index (κ1) is 14.7. The summed E-state index contributed by atoms with van der Waals surface area (Å²) in [6.45, 7) is 4.02. The van der Waals surface area contributed by atoms with Crippen molar-refractivity contribution < 1.29 is 4.74 Å². The van der Waals surface area contributed by atoms with Gasteiger partial charge in [0.15, 0.2) is 0 Å². The van der Waals surface area contributed by atoms with Crippen LogP contribution in [0.5, 0.6) is 0 Å². The first-order chi connectivity index (χ1) is 8.63. The van der Waals surface area contributed by atoms with Crippen LogP contribution in [0.15, 0.2) is 12.3 Å². The first-order valence-electron chi connectivity index (χ1n) is 6.12. The molecule has 0 aliphatic rings. The van der Waals surface area contributed by atoms with Crippen LogP contribution in [0.2, 0.25) is 0 Å². The number of aromatic nitrogens is 1. The summed E-state index contributed by atoms with van der Waals surface area (Å²) in [5.74, 6) is 0. The summed E-state index contributed by atoms with van der Waals surface area (Å²) in [6.07, 6.45) is 1.97. The molecule has 100 valence electrons. The summed E-state index contributed by atoms with van der Waals surface area (Å²) in [7, 11) is 5.94. The highest BCUT2D eigenvalue weighted by Gasteiger charge is 2.01. The van der Waals surface area contributed by atoms with Crippen LogP contribution in [0.4, 0.5) is 0 Å². The highest BCUT2D eigenvalue weighted by atomic mass is 16.5. The minimum Gasteiger partial charge on any atom is -0.379 e. The van der Waals surface area contributed by atoms with E-state index in [-0.39, 0.29) is 0 Å². The minimum atomic E-state index is 0.689. The Kier molecular flexibility index (Phi) is 6.44. The topological polar surface area (TPSA) is 53.2 Å². The molecule has 0 unspecified atom stereocenters. The van der Waals surface area contributed by atoms with Gasteiger partial charge in [-0.1, -0.05) is 0 Å². The molecule has 18 heavy (non-hydrogen) atoms. The zero-order chi connectivity index (χ0) is 13.4. The molecule has 0 aromatic carbocycles. The molecule has 0 saturated carbocycles. The van der Waals surface area contributed by atoms with Crippen molar-refractivity contribution in [3.05, 3.63) is 23.5 Å². The smallest absolute Gasteiger partial charge is 0.120 e. The Morgan fingerprint density at radius 3 is 2.83 bits per heavy atom. The molecule has 1 aromatic heterocycles. The highest BCUT2D eigenvalue weighted by molar-refractivity contribution is 5.28. The Morgan fingerprint density at radius 1 is 1.44 bits per heavy atom. The fraction of sp³-hybridized carbons (Fsp3) is 0.615. The van der Waals surface area contributed by atoms with Gasteiger partial charge >= 0.3 is 0 Å². The van der Waals surface area contributed by atoms with Crippen molar-refractivity contribution in [2.75, 3.05) is 40.4 Å². The van der Waals surface area contributed by atoms with E-state index in [2.05, 4.69) is 16.3 Å². The van der Waals surface area contributed by atoms with Crippen LogP contribution in [-0.2, 0) is 18.3 Å². The van der Waals surface area contributed by atoms with Crippen LogP contribution in [0.3, 0.4) is 0 Å². The summed E-state index contributed by atoms with van der Waals surface area (Å²) >= 11 is 0. The fourth-order valence-corrected chi connectivity index (χ4v) is 1.57. The van der Waals surface area contributed by atoms with Crippen molar-refractivity contribution >= 4 is 0 Å². The maximum atomic E-state index is 8.83. The fourth-order valence-electron chi connectivity index (χ4n) is 1.57. The van der Waals surface area contributed by atoms with Crippen molar-refractivity contribution in [3.8, 4) is 6.07 Å². The molecular weight excluding hydrogens is 228 g/mol. The molecule has 0 aliphatic carbocycles. The third-order valence-electron chi connectivity index (χ3n) is 2.61. The van der Waals surface area contributed by atoms with Gasteiger partial charge in [-0.3, -0.25) is 0 Å². The number of likely N-dealkylation sites (N-methyl/N-ethyl adjacent to an activating group) is 1. The lowest BCUT2D eigenvalue weighted by Gasteiger charge is -2.09. The molecule has 0 atom stereocenters. The van der Waals surface area contributed by atoms with Crippen LogP contribution in [0.25, 0.3) is 0 Å². The lowest BCUT2D eigenvalue weighted by molar-refractivity contribution is 0.119. The van der Waals surface area contributed by atoms with Gasteiger partial charge < -0.3 is 19.5 Å². The van der Waals surface area contributed by atoms with Crippen molar-refractivity contribution in [1.29, 1.82) is 5.26 Å². The standard InChI is InChI=1S/C13H22N4O/c1-16(2)5-7-18-6-4-15-10-12-8-13(9-14)17(3)11-12/h8,11,15H,4-7,10H2,1-3H3. The number of nitrogens with zero attached hydrogens (tertiary/aromatic N) is 3. The highest BCUT2D eigenvalue weighted by Crippen LogP contribution is 2.05. The van der Waals surface area contributed by atoms with Crippen LogP contribution in [0.1, 0.15) is 11.3 Å². The number of nitriles is 1. The van der Waals surface area contributed by atoms with Crippen molar-refractivity contribution in [2.45, 2.75) is 6.54 Å². The molecule has 0 saturated heterocycles. The van der Waals surface area contributed by atoms with E-state index in [9.17, 15) is 0 Å². The number of nitrogens with one attached hydrogen (secondary N) is 1. The number of hydrogen-bond donors (Lipinski definition) is 1. The Morgan fingerprint density at radius 2 is 2.22 bits per heavy atom. The summed E-state index contributed by atoms with van der Waals surface area (Å²) in [6, 6.07) is 4.05. The molecule has 1 rings (SSSR count). The lowest BCUT2D eigenvalue weighted by Crippen LogP contribution is -2.22. The van der Waals surface area contributed by atoms with Gasteiger partial charge in [0.2, 0.25) is 0 Å². The van der Waals surface area contributed by atoms with Crippen LogP contribution in [-0.4, -0.2) is 49.9 Å². The quantitative estimate of drug-likeness (QED) is 0.685. The van der Waals surface area contributed by atoms with Gasteiger partial charge in [-0.25, -0.2) is 0 Å². The SMILES string of the molecule is CN(C)CCOCCNCc1cc(C#N)n(C)c1. The van der Waals surface area contributed by atoms with E-state index in [0.717, 1.165) is 31.8 Å². The van der Waals surface area contributed by atoms with Crippen molar-refractivity contribution in [1.82, 2.24) is 14.8 Å². The van der Waals surface area contributed by atoms with E-state index in [1.807, 2.05) is 38.0 Å². The third-order valence-corrected chi connectivity index (χ3v) is 2.61. The Labute approximate surface area is 109 Å². The second-order valence-electron chi connectivity index (χ2n) is 4.55. The van der Waals surface area contributed by atoms with Crippen LogP contribution >= 0.6 is 0 Å². The second-order valence-corrected chi connectivity index (χ2v) is 4.55. The molecule has 1 heterocycles. The van der Waals surface area contributed by atoms with E-state index in [4.69, 9.17) is 10.00 Å². The molecule has 0 aliphatic heterocycles. The van der Waals surface area contributed by atoms with Crippen molar-refractivity contribution in [3.63, 3.8) is 0 Å². The molecule has 0 fully saturated rings. The van der Waals surface area contributed by atoms with Gasteiger partial charge in [0.1, 0.15) is 11.8 Å². The maximum Gasteiger partial charge on any atom is 0.120 e. The van der Waals surface area contributed by atoms with Gasteiger partial charge in [-0.05, 0) is 25.7 Å². The number of aryl methyl sites for hydroxylation is 1. The van der Waals surface area contributed by atoms with Crippen molar-refractivity contribution in [2.24, 2.45) is 7.05 Å². The second kappa shape index (κ2) is 7.88. The predicted molar refractivity (Wildman–Crippen MR) is 71.2 cm³/mol. The maximum absolute atomic E-state index is 8.83. The molecular formula is C13H22N4O. The Bertz CT molecular complexity index is 392. The molecule has 5 heteroatoms. The Hall–Kier alpha value is -1.35. The van der Waals surface area contributed by atoms with Gasteiger partial charge in [0, 0.05) is 32.9 Å². The molecule has 5 nitrogen and oxygen atoms in total. The van der Waals surface area contributed by atoms with Gasteiger partial charge in [-0.15, -0.1) is 0 Å². The molecule has 1 aromatic rings. The molecule has 0 radical (unpaired) electrons. The zero-order valence-electron chi connectivity index (χ0n) is 11.4. The molecule has 0 bridgehead atoms. The normalized spacial score (nSPS) is 10.8. The minimum absolute atomic E-state index is 0.689. The first-order valence-corrected chi connectivity index (χ1v) is 6.12. The predicted octanol–water partition coefficient (Wildman–Crippen LogP) is 0.565. The summed E-state index contributed by atoms with van der Waals surface area (Å²) < 4.78 is 7.31. The van der Waals surface area contributed by atoms with Gasteiger partial charge in [-0.2, -0.15) is 5.26 Å². The Balaban J connectivity index is 2.09. The number of rotatable bonds is 8. The molecule has 0 spiro atoms. The van der Waals surface area contributed by atoms with E-state index < -0.39 is 0 Å². The van der Waals surface area contributed by atoms with E-state index in [1.54, 1.807) is 0 Å². The largest absolute Gasteiger partial charge is 0.379 e. The van der Waals surface area contributed by atoms with Gasteiger partial charge in [0.25, 0.3) is 0 Å². The molecule has 0 amide bonds. The average Bonchev–Trinajstić information content (AvgIpc) is 2.68. The molecule has 1 N–H and O–H groups in total. The monoisotopic (exact) mass is 250 g/mol. The van der Waals surface area contributed by atoms with Crippen LogP contribution < -0.4 is 5.32 Å². The lowest BCUT2D eigenvalue weighted by atomic mass is 10.3. The van der Waals surface area contributed by atoms with Gasteiger partial charge in [0.05, 0.1) is 13.2 Å². The zero-order valence-corrected chi connectivity index (χ0v) is 11.4. The number of ether oxygens (including phenoxy) is 1. The summed E-state index contributed by atoms with van der Waals surface area (Å²) in [5, 5.41) is 12.1. The van der Waals surface area contributed by atoms with Crippen LogP contribution in [0, 0.1) is 11.3 Å². The van der Waals surface area contributed by atoms with E-state index in [1.165, 1.54) is 0 Å². The third kappa shape index (κ3) is 5.32. The number of hydrogen-bond acceptors (Lipinski definition) is 4. The summed E-state index contributed by atoms with van der Waals surface area (Å²) in [5.41, 5.74) is 1.82. The average molecular weight is 250 g/mol. The van der Waals surface area contributed by atoms with E-state index in [0.29, 0.717) is 12.3 Å². The van der Waals surface area contributed by atoms with E-state index >= 15 is 0 Å².